The predicted molar refractivity (Wildman–Crippen MR) is 136 cm³/mol. The van der Waals surface area contributed by atoms with Crippen LogP contribution in [0.1, 0.15) is 70.1 Å². The maximum atomic E-state index is 14.5. The second-order valence-corrected chi connectivity index (χ2v) is 9.94. The zero-order valence-corrected chi connectivity index (χ0v) is 21.6. The summed E-state index contributed by atoms with van der Waals surface area (Å²) in [7, 11) is 0. The summed E-state index contributed by atoms with van der Waals surface area (Å²) >= 11 is 6.34. The molecule has 0 radical (unpaired) electrons. The molecule has 4 atom stereocenters. The highest BCUT2D eigenvalue weighted by Gasteiger charge is 2.38. The molecule has 1 N–H and O–H groups in total. The third kappa shape index (κ3) is 6.26. The molecular weight excluding hydrogens is 456 g/mol. The van der Waals surface area contributed by atoms with Crippen LogP contribution in [-0.4, -0.2) is 17.5 Å². The van der Waals surface area contributed by atoms with Crippen LogP contribution < -0.4 is 5.32 Å². The first kappa shape index (κ1) is 26.4. The van der Waals surface area contributed by atoms with E-state index in [-0.39, 0.29) is 18.2 Å². The Morgan fingerprint density at radius 3 is 2.53 bits per heavy atom. The summed E-state index contributed by atoms with van der Waals surface area (Å²) in [5, 5.41) is 3.32. The Labute approximate surface area is 207 Å². The van der Waals surface area contributed by atoms with Crippen molar-refractivity contribution in [3.05, 3.63) is 51.5 Å². The quantitative estimate of drug-likeness (QED) is 0.270. The van der Waals surface area contributed by atoms with Crippen molar-refractivity contribution >= 4 is 29.6 Å². The van der Waals surface area contributed by atoms with E-state index in [1.54, 1.807) is 6.07 Å². The van der Waals surface area contributed by atoms with Gasteiger partial charge in [0.05, 0.1) is 5.02 Å². The van der Waals surface area contributed by atoms with Gasteiger partial charge in [0.1, 0.15) is 23.6 Å². The van der Waals surface area contributed by atoms with E-state index in [4.69, 9.17) is 16.3 Å². The standard InChI is InChI=1S/C27H36ClF2N3O/c1-6-8-19-12-23(29)21(24(30)13-19)14-31-27-22(28)10-17(4)26(33-27)32-15-34-25-11-16(3)18(5)20(25)9-7-2/h10,12-13,15-16,18,20,25H,6-9,11,14H2,1-5H3,(H,31,33)/b32-15+/t16?,18?,20-,25?/m0/s1. The third-order valence-electron chi connectivity index (χ3n) is 7.00. The minimum atomic E-state index is -0.576. The fraction of sp³-hybridized carbons (Fsp3) is 0.556. The fourth-order valence-corrected chi connectivity index (χ4v) is 5.14. The number of aliphatic imine (C=N–C) groups is 1. The molecule has 1 heterocycles. The molecule has 3 unspecified atom stereocenters. The van der Waals surface area contributed by atoms with Gasteiger partial charge in [0.15, 0.2) is 12.2 Å². The Balaban J connectivity index is 1.71. The first-order valence-electron chi connectivity index (χ1n) is 12.3. The lowest BCUT2D eigenvalue weighted by Gasteiger charge is -2.21. The van der Waals surface area contributed by atoms with Gasteiger partial charge in [-0.15, -0.1) is 0 Å². The van der Waals surface area contributed by atoms with Crippen molar-refractivity contribution in [2.75, 3.05) is 5.32 Å². The monoisotopic (exact) mass is 491 g/mol. The molecule has 7 heteroatoms. The van der Waals surface area contributed by atoms with Gasteiger partial charge in [-0.2, -0.15) is 0 Å². The number of hydrogen-bond donors (Lipinski definition) is 1. The van der Waals surface area contributed by atoms with Crippen molar-refractivity contribution in [1.82, 2.24) is 4.98 Å². The second-order valence-electron chi connectivity index (χ2n) is 9.53. The first-order valence-corrected chi connectivity index (χ1v) is 12.7. The van der Waals surface area contributed by atoms with Gasteiger partial charge in [0.25, 0.3) is 0 Å². The van der Waals surface area contributed by atoms with Gasteiger partial charge in [-0.3, -0.25) is 0 Å². The predicted octanol–water partition coefficient (Wildman–Crippen LogP) is 8.02. The number of hydrogen-bond acceptors (Lipinski definition) is 4. The van der Waals surface area contributed by atoms with E-state index in [9.17, 15) is 8.78 Å². The Morgan fingerprint density at radius 1 is 1.18 bits per heavy atom. The molecule has 3 rings (SSSR count). The number of aromatic nitrogens is 1. The van der Waals surface area contributed by atoms with Crippen LogP contribution in [0.15, 0.2) is 23.2 Å². The number of pyridine rings is 1. The van der Waals surface area contributed by atoms with Crippen LogP contribution in [0.5, 0.6) is 0 Å². The number of nitrogens with one attached hydrogen (secondary N) is 1. The summed E-state index contributed by atoms with van der Waals surface area (Å²) in [6.45, 7) is 10.5. The van der Waals surface area contributed by atoms with Gasteiger partial charge in [-0.25, -0.2) is 18.8 Å². The third-order valence-corrected chi connectivity index (χ3v) is 7.29. The molecule has 0 aliphatic heterocycles. The van der Waals surface area contributed by atoms with Crippen molar-refractivity contribution in [2.24, 2.45) is 22.7 Å². The van der Waals surface area contributed by atoms with Crippen LogP contribution in [0.2, 0.25) is 5.02 Å². The van der Waals surface area contributed by atoms with Gasteiger partial charge < -0.3 is 10.1 Å². The molecule has 1 saturated carbocycles. The first-order chi connectivity index (χ1) is 16.2. The second kappa shape index (κ2) is 12.0. The molecule has 34 heavy (non-hydrogen) atoms. The molecule has 0 saturated heterocycles. The Bertz CT molecular complexity index is 991. The minimum absolute atomic E-state index is 0.0434. The summed E-state index contributed by atoms with van der Waals surface area (Å²) in [6.07, 6.45) is 6.39. The normalized spacial score (nSPS) is 22.5. The molecule has 186 valence electrons. The minimum Gasteiger partial charge on any atom is -0.480 e. The number of rotatable bonds is 10. The SMILES string of the molecule is CCCc1cc(F)c(CNc2nc(/N=C/OC3CC(C)C(C)[C@@H]3CCC)c(C)cc2Cl)c(F)c1. The molecule has 0 bridgehead atoms. The van der Waals surface area contributed by atoms with Crippen molar-refractivity contribution in [3.8, 4) is 0 Å². The Morgan fingerprint density at radius 2 is 1.88 bits per heavy atom. The summed E-state index contributed by atoms with van der Waals surface area (Å²) in [4.78, 5) is 8.91. The van der Waals surface area contributed by atoms with Crippen LogP contribution in [0.3, 0.4) is 0 Å². The number of halogens is 3. The maximum absolute atomic E-state index is 14.5. The Hall–Kier alpha value is -2.21. The average molecular weight is 492 g/mol. The zero-order valence-electron chi connectivity index (χ0n) is 20.8. The van der Waals surface area contributed by atoms with E-state index < -0.39 is 11.6 Å². The lowest BCUT2D eigenvalue weighted by molar-refractivity contribution is 0.135. The number of anilines is 1. The molecule has 1 aliphatic rings. The van der Waals surface area contributed by atoms with E-state index in [1.165, 1.54) is 18.5 Å². The van der Waals surface area contributed by atoms with Crippen molar-refractivity contribution in [3.63, 3.8) is 0 Å². The van der Waals surface area contributed by atoms with Crippen LogP contribution >= 0.6 is 11.6 Å². The lowest BCUT2D eigenvalue weighted by atomic mass is 9.89. The molecule has 1 fully saturated rings. The van der Waals surface area contributed by atoms with Gasteiger partial charge in [0.2, 0.25) is 0 Å². The van der Waals surface area contributed by atoms with Crippen molar-refractivity contribution in [1.29, 1.82) is 0 Å². The highest BCUT2D eigenvalue weighted by Crippen LogP contribution is 2.40. The van der Waals surface area contributed by atoms with Crippen molar-refractivity contribution in [2.45, 2.75) is 79.4 Å². The van der Waals surface area contributed by atoms with E-state index >= 15 is 0 Å². The van der Waals surface area contributed by atoms with Gasteiger partial charge in [-0.1, -0.05) is 52.1 Å². The number of benzene rings is 1. The number of ether oxygens (including phenoxy) is 1. The molecule has 4 nitrogen and oxygen atoms in total. The summed E-state index contributed by atoms with van der Waals surface area (Å²) < 4.78 is 35.0. The molecule has 0 spiro atoms. The van der Waals surface area contributed by atoms with Crippen LogP contribution in [0.4, 0.5) is 20.4 Å². The van der Waals surface area contributed by atoms with Crippen molar-refractivity contribution < 1.29 is 13.5 Å². The molecule has 1 aromatic carbocycles. The number of aryl methyl sites for hydroxylation is 2. The molecule has 1 aliphatic carbocycles. The fourth-order valence-electron chi connectivity index (χ4n) is 4.87. The van der Waals surface area contributed by atoms with Gasteiger partial charge in [0, 0.05) is 12.1 Å². The Kier molecular flexibility index (Phi) is 9.29. The van der Waals surface area contributed by atoms with E-state index in [0.717, 1.165) is 31.2 Å². The average Bonchev–Trinajstić information content (AvgIpc) is 3.04. The molecule has 2 aromatic rings. The smallest absolute Gasteiger partial charge is 0.176 e. The molecular formula is C27H36ClF2N3O. The maximum Gasteiger partial charge on any atom is 0.176 e. The van der Waals surface area contributed by atoms with Crippen LogP contribution in [-0.2, 0) is 17.7 Å². The van der Waals surface area contributed by atoms with Gasteiger partial charge >= 0.3 is 0 Å². The van der Waals surface area contributed by atoms with Crippen LogP contribution in [0.25, 0.3) is 0 Å². The summed E-state index contributed by atoms with van der Waals surface area (Å²) in [5.74, 6) is 1.40. The van der Waals surface area contributed by atoms with Crippen LogP contribution in [0, 0.1) is 36.3 Å². The van der Waals surface area contributed by atoms with E-state index in [2.05, 4.69) is 36.1 Å². The highest BCUT2D eigenvalue weighted by molar-refractivity contribution is 6.33. The largest absolute Gasteiger partial charge is 0.480 e. The topological polar surface area (TPSA) is 46.5 Å². The van der Waals surface area contributed by atoms with E-state index in [1.807, 2.05) is 13.8 Å². The van der Waals surface area contributed by atoms with E-state index in [0.29, 0.717) is 46.4 Å². The molecule has 1 aromatic heterocycles. The lowest BCUT2D eigenvalue weighted by Crippen LogP contribution is -2.21. The zero-order chi connectivity index (χ0) is 24.8. The van der Waals surface area contributed by atoms with Gasteiger partial charge in [-0.05, 0) is 73.3 Å². The number of nitrogens with zero attached hydrogens (tertiary/aromatic N) is 2. The summed E-state index contributed by atoms with van der Waals surface area (Å²) in [5.41, 5.74) is 1.39. The highest BCUT2D eigenvalue weighted by atomic mass is 35.5. The molecule has 0 amide bonds. The summed E-state index contributed by atoms with van der Waals surface area (Å²) in [6, 6.07) is 4.51.